The summed E-state index contributed by atoms with van der Waals surface area (Å²) < 4.78 is 6.96. The highest BCUT2D eigenvalue weighted by atomic mass is 32.1. The number of methoxy groups -OCH3 is 1. The quantitative estimate of drug-likeness (QED) is 0.841. The summed E-state index contributed by atoms with van der Waals surface area (Å²) in [5, 5.41) is 9.85. The summed E-state index contributed by atoms with van der Waals surface area (Å²) in [6.07, 6.45) is 2.37. The molecule has 0 aliphatic carbocycles. The van der Waals surface area contributed by atoms with Crippen LogP contribution in [-0.4, -0.2) is 60.0 Å². The number of nitrogens with one attached hydrogen (secondary N) is 1. The van der Waals surface area contributed by atoms with E-state index in [1.807, 2.05) is 0 Å². The van der Waals surface area contributed by atoms with Gasteiger partial charge in [0.25, 0.3) is 0 Å². The average molecular weight is 375 g/mol. The van der Waals surface area contributed by atoms with Crippen LogP contribution in [-0.2, 0) is 16.6 Å². The first-order chi connectivity index (χ1) is 12.7. The van der Waals surface area contributed by atoms with Crippen molar-refractivity contribution in [2.24, 2.45) is 13.0 Å². The van der Waals surface area contributed by atoms with E-state index in [4.69, 9.17) is 9.84 Å². The molecule has 140 valence electrons. The number of piperidine rings is 3. The molecule has 1 amide bonds. The van der Waals surface area contributed by atoms with Crippen LogP contribution in [0.15, 0.2) is 23.6 Å². The van der Waals surface area contributed by atoms with Crippen molar-refractivity contribution in [3.8, 4) is 10.6 Å². The van der Waals surface area contributed by atoms with E-state index in [2.05, 4.69) is 45.5 Å². The van der Waals surface area contributed by atoms with Crippen LogP contribution < -0.4 is 5.32 Å². The van der Waals surface area contributed by atoms with Gasteiger partial charge < -0.3 is 10.1 Å². The van der Waals surface area contributed by atoms with Crippen LogP contribution in [0, 0.1) is 5.92 Å². The van der Waals surface area contributed by atoms with Gasteiger partial charge in [0.15, 0.2) is 0 Å². The van der Waals surface area contributed by atoms with Crippen molar-refractivity contribution in [1.29, 1.82) is 0 Å². The fourth-order valence-corrected chi connectivity index (χ4v) is 5.15. The smallest absolute Gasteiger partial charge is 0.246 e. The van der Waals surface area contributed by atoms with Crippen LogP contribution in [0.4, 0.5) is 0 Å². The number of nitrogens with zero attached hydrogens (tertiary/aromatic N) is 3. The SMILES string of the molecule is COCC(=O)NC[C@H]1C[C@@H]2CCN1C[C@H]2c1cc(-c2cccs2)nn1C. The molecule has 6 nitrogen and oxygen atoms in total. The number of rotatable bonds is 6. The van der Waals surface area contributed by atoms with E-state index >= 15 is 0 Å². The third kappa shape index (κ3) is 3.43. The Morgan fingerprint density at radius 2 is 2.38 bits per heavy atom. The van der Waals surface area contributed by atoms with Crippen molar-refractivity contribution in [3.63, 3.8) is 0 Å². The maximum atomic E-state index is 11.7. The number of thiophene rings is 1. The standard InChI is InChI=1S/C19H26N4O2S/c1-22-17(9-16(21-22)18-4-3-7-26-18)15-11-23-6-5-13(15)8-14(23)10-20-19(24)12-25-2/h3-4,7,9,13-15H,5-6,8,10-12H2,1-2H3,(H,20,24)/t13-,14+,15+/m0/s1. The van der Waals surface area contributed by atoms with Crippen molar-refractivity contribution >= 4 is 17.2 Å². The van der Waals surface area contributed by atoms with Gasteiger partial charge in [-0.1, -0.05) is 6.07 Å². The summed E-state index contributed by atoms with van der Waals surface area (Å²) in [5.74, 6) is 1.16. The van der Waals surface area contributed by atoms with E-state index in [9.17, 15) is 4.79 Å². The summed E-state index contributed by atoms with van der Waals surface area (Å²) >= 11 is 1.74. The van der Waals surface area contributed by atoms with Crippen LogP contribution in [0.2, 0.25) is 0 Å². The molecule has 3 fully saturated rings. The Morgan fingerprint density at radius 1 is 1.50 bits per heavy atom. The van der Waals surface area contributed by atoms with Crippen molar-refractivity contribution in [1.82, 2.24) is 20.0 Å². The molecule has 0 saturated carbocycles. The van der Waals surface area contributed by atoms with Gasteiger partial charge in [0, 0.05) is 44.9 Å². The van der Waals surface area contributed by atoms with Crippen LogP contribution in [0.1, 0.15) is 24.5 Å². The number of aryl methyl sites for hydroxylation is 1. The van der Waals surface area contributed by atoms with Gasteiger partial charge in [0.2, 0.25) is 5.91 Å². The fraction of sp³-hybridized carbons (Fsp3) is 0.579. The van der Waals surface area contributed by atoms with Gasteiger partial charge in [0.1, 0.15) is 12.3 Å². The number of amides is 1. The highest BCUT2D eigenvalue weighted by Gasteiger charge is 2.41. The molecule has 5 rings (SSSR count). The molecule has 3 aliphatic rings. The van der Waals surface area contributed by atoms with Crippen molar-refractivity contribution < 1.29 is 9.53 Å². The summed E-state index contributed by atoms with van der Waals surface area (Å²) in [5.41, 5.74) is 2.42. The first-order valence-corrected chi connectivity index (χ1v) is 10.1. The van der Waals surface area contributed by atoms with Crippen LogP contribution >= 0.6 is 11.3 Å². The Balaban J connectivity index is 1.44. The summed E-state index contributed by atoms with van der Waals surface area (Å²) in [6.45, 7) is 3.04. The average Bonchev–Trinajstić information content (AvgIpc) is 3.30. The zero-order valence-corrected chi connectivity index (χ0v) is 16.2. The van der Waals surface area contributed by atoms with Crippen molar-refractivity contribution in [2.45, 2.75) is 24.8 Å². The molecule has 0 radical (unpaired) electrons. The number of carbonyl (C=O) groups excluding carboxylic acids is 1. The molecule has 26 heavy (non-hydrogen) atoms. The molecule has 3 aliphatic heterocycles. The lowest BCUT2D eigenvalue weighted by Gasteiger charge is -2.50. The molecule has 7 heteroatoms. The Bertz CT molecular complexity index is 758. The minimum absolute atomic E-state index is 0.0288. The predicted molar refractivity (Wildman–Crippen MR) is 102 cm³/mol. The number of hydrogen-bond donors (Lipinski definition) is 1. The first kappa shape index (κ1) is 17.7. The first-order valence-electron chi connectivity index (χ1n) is 9.23. The molecule has 5 heterocycles. The molecule has 2 aromatic rings. The summed E-state index contributed by atoms with van der Waals surface area (Å²) in [6, 6.07) is 6.92. The van der Waals surface area contributed by atoms with Gasteiger partial charge in [-0.05, 0) is 42.8 Å². The third-order valence-corrected chi connectivity index (χ3v) is 6.65. The molecular weight excluding hydrogens is 348 g/mol. The van der Waals surface area contributed by atoms with Gasteiger partial charge >= 0.3 is 0 Å². The molecule has 2 bridgehead atoms. The van der Waals surface area contributed by atoms with E-state index in [0.29, 0.717) is 17.9 Å². The van der Waals surface area contributed by atoms with E-state index < -0.39 is 0 Å². The van der Waals surface area contributed by atoms with Crippen LogP contribution in [0.5, 0.6) is 0 Å². The van der Waals surface area contributed by atoms with Crippen LogP contribution in [0.25, 0.3) is 10.6 Å². The topological polar surface area (TPSA) is 59.4 Å². The second-order valence-corrected chi connectivity index (χ2v) is 8.28. The van der Waals surface area contributed by atoms with Crippen LogP contribution in [0.3, 0.4) is 0 Å². The van der Waals surface area contributed by atoms with Crippen molar-refractivity contribution in [2.75, 3.05) is 33.4 Å². The second kappa shape index (κ2) is 7.50. The number of fused-ring (bicyclic) bond motifs is 3. The minimum atomic E-state index is -0.0288. The summed E-state index contributed by atoms with van der Waals surface area (Å²) in [7, 11) is 3.61. The highest BCUT2D eigenvalue weighted by Crippen LogP contribution is 2.42. The third-order valence-electron chi connectivity index (χ3n) is 5.76. The molecule has 0 aromatic carbocycles. The molecule has 0 spiro atoms. The lowest BCUT2D eigenvalue weighted by Crippen LogP contribution is -2.56. The Labute approximate surface area is 158 Å². The van der Waals surface area contributed by atoms with Crippen molar-refractivity contribution in [3.05, 3.63) is 29.3 Å². The van der Waals surface area contributed by atoms with Gasteiger partial charge in [0.05, 0.1) is 4.88 Å². The normalized spacial score (nSPS) is 27.6. The molecule has 1 unspecified atom stereocenters. The number of aromatic nitrogens is 2. The number of ether oxygens (including phenoxy) is 1. The molecule has 1 N–H and O–H groups in total. The maximum absolute atomic E-state index is 11.7. The fourth-order valence-electron chi connectivity index (χ4n) is 4.47. The van der Waals surface area contributed by atoms with E-state index in [0.717, 1.165) is 31.7 Å². The minimum Gasteiger partial charge on any atom is -0.375 e. The van der Waals surface area contributed by atoms with E-state index in [-0.39, 0.29) is 12.5 Å². The molecule has 2 aromatic heterocycles. The molecule has 3 saturated heterocycles. The Kier molecular flexibility index (Phi) is 5.11. The lowest BCUT2D eigenvalue weighted by molar-refractivity contribution is -0.125. The highest BCUT2D eigenvalue weighted by molar-refractivity contribution is 7.13. The summed E-state index contributed by atoms with van der Waals surface area (Å²) in [4.78, 5) is 15.4. The van der Waals surface area contributed by atoms with Gasteiger partial charge in [-0.2, -0.15) is 5.10 Å². The Morgan fingerprint density at radius 3 is 3.08 bits per heavy atom. The number of carbonyl (C=O) groups is 1. The predicted octanol–water partition coefficient (Wildman–Crippen LogP) is 2.09. The maximum Gasteiger partial charge on any atom is 0.246 e. The van der Waals surface area contributed by atoms with E-state index in [1.165, 1.54) is 17.0 Å². The second-order valence-electron chi connectivity index (χ2n) is 7.33. The molecular formula is C19H26N4O2S. The monoisotopic (exact) mass is 374 g/mol. The lowest BCUT2D eigenvalue weighted by atomic mass is 9.74. The Hall–Kier alpha value is -1.70. The van der Waals surface area contributed by atoms with Gasteiger partial charge in [-0.3, -0.25) is 14.4 Å². The van der Waals surface area contributed by atoms with E-state index in [1.54, 1.807) is 18.4 Å². The zero-order valence-electron chi connectivity index (χ0n) is 15.4. The largest absolute Gasteiger partial charge is 0.375 e. The van der Waals surface area contributed by atoms with Gasteiger partial charge in [-0.25, -0.2) is 0 Å². The van der Waals surface area contributed by atoms with Gasteiger partial charge in [-0.15, -0.1) is 11.3 Å². The zero-order chi connectivity index (χ0) is 18.1. The molecule has 4 atom stereocenters. The number of hydrogen-bond acceptors (Lipinski definition) is 5.